The summed E-state index contributed by atoms with van der Waals surface area (Å²) in [6.45, 7) is 0. The molecule has 0 aliphatic heterocycles. The topological polar surface area (TPSA) is 26.3 Å². The Morgan fingerprint density at radius 3 is 2.88 bits per heavy atom. The molecule has 0 atom stereocenters. The van der Waals surface area contributed by atoms with E-state index >= 15 is 0 Å². The third-order valence-corrected chi connectivity index (χ3v) is 2.90. The van der Waals surface area contributed by atoms with Gasteiger partial charge in [-0.3, -0.25) is 0 Å². The van der Waals surface area contributed by atoms with Gasteiger partial charge in [0.2, 0.25) is 0 Å². The fourth-order valence-corrected chi connectivity index (χ4v) is 1.82. The maximum absolute atomic E-state index is 11.3. The smallest absolute Gasteiger partial charge is 0.337 e. The summed E-state index contributed by atoms with van der Waals surface area (Å²) in [6.07, 6.45) is 4.78. The van der Waals surface area contributed by atoms with Gasteiger partial charge in [0.15, 0.2) is 0 Å². The van der Waals surface area contributed by atoms with Crippen molar-refractivity contribution in [2.24, 2.45) is 0 Å². The Bertz CT molecular complexity index is 402. The summed E-state index contributed by atoms with van der Waals surface area (Å²) in [4.78, 5) is 11.3. The number of methoxy groups -OCH3 is 1. The molecule has 0 aliphatic rings. The average molecular weight is 304 g/mol. The van der Waals surface area contributed by atoms with Crippen molar-refractivity contribution in [3.05, 3.63) is 39.9 Å². The van der Waals surface area contributed by atoms with Gasteiger partial charge >= 0.3 is 5.97 Å². The number of alkyl halides is 1. The molecular weight excluding hydrogens is 291 g/mol. The van der Waals surface area contributed by atoms with Crippen LogP contribution >= 0.6 is 27.5 Å². The Morgan fingerprint density at radius 2 is 2.31 bits per heavy atom. The van der Waals surface area contributed by atoms with Crippen LogP contribution in [-0.2, 0) is 4.74 Å². The molecule has 0 bridgehead atoms. The average Bonchev–Trinajstić information content (AvgIpc) is 2.30. The summed E-state index contributed by atoms with van der Waals surface area (Å²) >= 11 is 8.97. The largest absolute Gasteiger partial charge is 0.465 e. The lowest BCUT2D eigenvalue weighted by Crippen LogP contribution is -2.00. The van der Waals surface area contributed by atoms with Crippen molar-refractivity contribution in [3.63, 3.8) is 0 Å². The number of halogens is 2. The number of carbonyl (C=O) groups is 1. The monoisotopic (exact) mass is 302 g/mol. The van der Waals surface area contributed by atoms with Crippen molar-refractivity contribution >= 4 is 39.6 Å². The fourth-order valence-electron chi connectivity index (χ4n) is 1.18. The Balaban J connectivity index is 2.87. The summed E-state index contributed by atoms with van der Waals surface area (Å²) < 4.78 is 5.50. The minimum atomic E-state index is -0.336. The molecule has 0 amide bonds. The highest BCUT2D eigenvalue weighted by atomic mass is 79.9. The second-order valence-corrected chi connectivity index (χ2v) is 4.34. The lowest BCUT2D eigenvalue weighted by molar-refractivity contribution is 0.0600. The number of hydrogen-bond acceptors (Lipinski definition) is 2. The van der Waals surface area contributed by atoms with Crippen LogP contribution in [0.5, 0.6) is 0 Å². The number of ether oxygens (including phenoxy) is 1. The molecule has 1 rings (SSSR count). The molecule has 0 heterocycles. The van der Waals surface area contributed by atoms with Crippen LogP contribution in [0.4, 0.5) is 0 Å². The predicted molar refractivity (Wildman–Crippen MR) is 69.9 cm³/mol. The zero-order chi connectivity index (χ0) is 12.0. The van der Waals surface area contributed by atoms with Gasteiger partial charge in [-0.25, -0.2) is 4.79 Å². The van der Waals surface area contributed by atoms with Crippen LogP contribution in [0.15, 0.2) is 28.7 Å². The van der Waals surface area contributed by atoms with Gasteiger partial charge in [0, 0.05) is 10.4 Å². The third kappa shape index (κ3) is 3.65. The van der Waals surface area contributed by atoms with Crippen molar-refractivity contribution in [3.8, 4) is 0 Å². The van der Waals surface area contributed by atoms with Gasteiger partial charge in [-0.2, -0.15) is 0 Å². The van der Waals surface area contributed by atoms with Gasteiger partial charge in [0.05, 0.1) is 12.7 Å². The molecule has 0 fully saturated rings. The van der Waals surface area contributed by atoms with Crippen LogP contribution in [0, 0.1) is 0 Å². The Kier molecular flexibility index (Phi) is 5.56. The summed E-state index contributed by atoms with van der Waals surface area (Å²) in [5.41, 5.74) is 1.54. The summed E-state index contributed by atoms with van der Waals surface area (Å²) in [7, 11) is 1.37. The van der Waals surface area contributed by atoms with Gasteiger partial charge in [0.25, 0.3) is 0 Å². The first-order valence-electron chi connectivity index (χ1n) is 4.79. The van der Waals surface area contributed by atoms with Crippen LogP contribution in [0.1, 0.15) is 22.3 Å². The lowest BCUT2D eigenvalue weighted by atomic mass is 10.1. The molecule has 0 spiro atoms. The second kappa shape index (κ2) is 6.71. The zero-order valence-electron chi connectivity index (χ0n) is 8.87. The molecule has 0 N–H and O–H groups in total. The van der Waals surface area contributed by atoms with E-state index in [1.54, 1.807) is 12.1 Å². The summed E-state index contributed by atoms with van der Waals surface area (Å²) in [5.74, 6) is 0.269. The van der Waals surface area contributed by atoms with E-state index in [0.717, 1.165) is 16.5 Å². The molecule has 0 radical (unpaired) electrons. The summed E-state index contributed by atoms with van der Waals surface area (Å²) in [6, 6.07) is 5.34. The SMILES string of the molecule is COC(=O)c1ccc(C=CCCCl)c(Br)c1. The first-order chi connectivity index (χ1) is 7.69. The Labute approximate surface area is 108 Å². The standard InChI is InChI=1S/C12H12BrClO2/c1-16-12(15)10-6-5-9(11(13)8-10)4-2-3-7-14/h2,4-6,8H,3,7H2,1H3. The van der Waals surface area contributed by atoms with Crippen LogP contribution in [-0.4, -0.2) is 19.0 Å². The predicted octanol–water partition coefficient (Wildman–Crippen LogP) is 3.88. The number of hydrogen-bond donors (Lipinski definition) is 0. The normalized spacial score (nSPS) is 10.7. The van der Waals surface area contributed by atoms with Crippen molar-refractivity contribution in [2.45, 2.75) is 6.42 Å². The summed E-state index contributed by atoms with van der Waals surface area (Å²) in [5, 5.41) is 0. The highest BCUT2D eigenvalue weighted by Gasteiger charge is 2.06. The molecule has 0 aliphatic carbocycles. The van der Waals surface area contributed by atoms with E-state index in [1.165, 1.54) is 7.11 Å². The number of esters is 1. The maximum atomic E-state index is 11.3. The molecule has 0 saturated heterocycles. The molecule has 0 unspecified atom stereocenters. The molecule has 0 saturated carbocycles. The van der Waals surface area contributed by atoms with Crippen LogP contribution < -0.4 is 0 Å². The molecule has 1 aromatic carbocycles. The van der Waals surface area contributed by atoms with Crippen molar-refractivity contribution < 1.29 is 9.53 Å². The minimum Gasteiger partial charge on any atom is -0.465 e. The minimum absolute atomic E-state index is 0.336. The second-order valence-electron chi connectivity index (χ2n) is 3.11. The fraction of sp³-hybridized carbons (Fsp3) is 0.250. The third-order valence-electron chi connectivity index (χ3n) is 1.99. The number of allylic oxidation sites excluding steroid dienone is 1. The quantitative estimate of drug-likeness (QED) is 0.623. The van der Waals surface area contributed by atoms with E-state index < -0.39 is 0 Å². The van der Waals surface area contributed by atoms with Crippen molar-refractivity contribution in [2.75, 3.05) is 13.0 Å². The Morgan fingerprint density at radius 1 is 1.56 bits per heavy atom. The number of benzene rings is 1. The van der Waals surface area contributed by atoms with Crippen LogP contribution in [0.25, 0.3) is 6.08 Å². The number of carbonyl (C=O) groups excluding carboxylic acids is 1. The van der Waals surface area contributed by atoms with E-state index in [-0.39, 0.29) is 5.97 Å². The highest BCUT2D eigenvalue weighted by molar-refractivity contribution is 9.10. The van der Waals surface area contributed by atoms with Crippen LogP contribution in [0.3, 0.4) is 0 Å². The van der Waals surface area contributed by atoms with E-state index in [9.17, 15) is 4.79 Å². The van der Waals surface area contributed by atoms with Gasteiger partial charge in [-0.1, -0.05) is 34.1 Å². The lowest BCUT2D eigenvalue weighted by Gasteiger charge is -2.02. The molecule has 0 aromatic heterocycles. The molecule has 16 heavy (non-hydrogen) atoms. The van der Waals surface area contributed by atoms with Gasteiger partial charge < -0.3 is 4.74 Å². The Hall–Kier alpha value is -0.800. The molecule has 1 aromatic rings. The molecule has 86 valence electrons. The number of rotatable bonds is 4. The van der Waals surface area contributed by atoms with Gasteiger partial charge in [-0.15, -0.1) is 11.6 Å². The molecular formula is C12H12BrClO2. The maximum Gasteiger partial charge on any atom is 0.337 e. The molecule has 2 nitrogen and oxygen atoms in total. The highest BCUT2D eigenvalue weighted by Crippen LogP contribution is 2.20. The zero-order valence-corrected chi connectivity index (χ0v) is 11.2. The van der Waals surface area contributed by atoms with E-state index in [1.807, 2.05) is 18.2 Å². The first kappa shape index (κ1) is 13.3. The molecule has 4 heteroatoms. The van der Waals surface area contributed by atoms with Crippen LogP contribution in [0.2, 0.25) is 0 Å². The van der Waals surface area contributed by atoms with Crippen molar-refractivity contribution in [1.29, 1.82) is 0 Å². The van der Waals surface area contributed by atoms with Crippen molar-refractivity contribution in [1.82, 2.24) is 0 Å². The van der Waals surface area contributed by atoms with Gasteiger partial charge in [-0.05, 0) is 24.1 Å². The van der Waals surface area contributed by atoms with Gasteiger partial charge in [0.1, 0.15) is 0 Å². The first-order valence-corrected chi connectivity index (χ1v) is 6.12. The van der Waals surface area contributed by atoms with E-state index in [4.69, 9.17) is 11.6 Å². The van der Waals surface area contributed by atoms with E-state index in [2.05, 4.69) is 20.7 Å². The van der Waals surface area contributed by atoms with E-state index in [0.29, 0.717) is 11.4 Å².